The molecule has 90 valence electrons. The topological polar surface area (TPSA) is 8.81 Å². The van der Waals surface area contributed by atoms with Crippen LogP contribution in [-0.2, 0) is 13.1 Å². The van der Waals surface area contributed by atoms with Gasteiger partial charge in [-0.1, -0.05) is 42.5 Å². The molecule has 0 saturated heterocycles. The Morgan fingerprint density at radius 3 is 2.44 bits per heavy atom. The van der Waals surface area contributed by atoms with Crippen molar-refractivity contribution in [2.75, 3.05) is 0 Å². The summed E-state index contributed by atoms with van der Waals surface area (Å²) in [6.45, 7) is 4.11. The maximum atomic E-state index is 2.31. The van der Waals surface area contributed by atoms with Crippen molar-refractivity contribution in [1.29, 1.82) is 0 Å². The van der Waals surface area contributed by atoms with E-state index < -0.39 is 0 Å². The second-order valence-electron chi connectivity index (χ2n) is 4.50. The molecule has 0 amide bonds. The molecule has 0 unspecified atom stereocenters. The van der Waals surface area contributed by atoms with Crippen LogP contribution in [-0.4, -0.2) is 4.57 Å². The van der Waals surface area contributed by atoms with Gasteiger partial charge in [0.05, 0.1) is 6.54 Å². The Hall–Kier alpha value is -2.09. The lowest BCUT2D eigenvalue weighted by molar-refractivity contribution is -0.668. The maximum Gasteiger partial charge on any atom is 0.245 e. The average molecular weight is 237 g/mol. The Bertz CT molecular complexity index is 653. The molecule has 1 heterocycles. The highest BCUT2D eigenvalue weighted by Crippen LogP contribution is 2.12. The van der Waals surface area contributed by atoms with Crippen molar-refractivity contribution in [2.45, 2.75) is 20.0 Å². The quantitative estimate of drug-likeness (QED) is 0.619. The number of aromatic nitrogens is 2. The van der Waals surface area contributed by atoms with Crippen LogP contribution in [0.2, 0.25) is 0 Å². The van der Waals surface area contributed by atoms with Gasteiger partial charge < -0.3 is 0 Å². The minimum Gasteiger partial charge on any atom is -0.230 e. The van der Waals surface area contributed by atoms with Gasteiger partial charge in [-0.25, -0.2) is 9.13 Å². The number of hydrogen-bond acceptors (Lipinski definition) is 0. The largest absolute Gasteiger partial charge is 0.245 e. The summed E-state index contributed by atoms with van der Waals surface area (Å²) in [7, 11) is 0. The van der Waals surface area contributed by atoms with Gasteiger partial charge in [-0.15, -0.1) is 0 Å². The summed E-state index contributed by atoms with van der Waals surface area (Å²) >= 11 is 0. The van der Waals surface area contributed by atoms with Crippen molar-refractivity contribution in [2.24, 2.45) is 0 Å². The molecule has 0 aliphatic rings. The zero-order valence-electron chi connectivity index (χ0n) is 10.6. The first-order valence-electron chi connectivity index (χ1n) is 6.39. The van der Waals surface area contributed by atoms with Crippen molar-refractivity contribution in [3.8, 4) is 0 Å². The first-order chi connectivity index (χ1) is 8.88. The van der Waals surface area contributed by atoms with Gasteiger partial charge in [0.25, 0.3) is 0 Å². The fourth-order valence-electron chi connectivity index (χ4n) is 2.40. The van der Waals surface area contributed by atoms with Crippen molar-refractivity contribution < 1.29 is 4.57 Å². The highest BCUT2D eigenvalue weighted by atomic mass is 15.1. The molecule has 2 nitrogen and oxygen atoms in total. The lowest BCUT2D eigenvalue weighted by Crippen LogP contribution is -2.30. The molecule has 0 saturated carbocycles. The summed E-state index contributed by atoms with van der Waals surface area (Å²) in [4.78, 5) is 0. The monoisotopic (exact) mass is 237 g/mol. The standard InChI is InChI=1S/C16H17N2/c1-2-17-13-18(12-14-8-4-3-5-9-14)16-11-7-6-10-15(16)17/h3-11,13H,2,12H2,1H3/q+1. The molecular formula is C16H17N2+. The van der Waals surface area contributed by atoms with Crippen molar-refractivity contribution in [1.82, 2.24) is 4.57 Å². The summed E-state index contributed by atoms with van der Waals surface area (Å²) in [5.41, 5.74) is 3.93. The number of nitrogens with zero attached hydrogens (tertiary/aromatic N) is 2. The van der Waals surface area contributed by atoms with Gasteiger partial charge in [-0.05, 0) is 24.6 Å². The van der Waals surface area contributed by atoms with Gasteiger partial charge in [0.2, 0.25) is 6.33 Å². The van der Waals surface area contributed by atoms with E-state index in [4.69, 9.17) is 0 Å². The van der Waals surface area contributed by atoms with E-state index in [1.807, 2.05) is 0 Å². The smallest absolute Gasteiger partial charge is 0.230 e. The van der Waals surface area contributed by atoms with Crippen LogP contribution in [0.4, 0.5) is 0 Å². The van der Waals surface area contributed by atoms with Crippen LogP contribution in [0.3, 0.4) is 0 Å². The molecule has 2 aromatic carbocycles. The van der Waals surface area contributed by atoms with E-state index in [9.17, 15) is 0 Å². The molecule has 0 aliphatic carbocycles. The third-order valence-corrected chi connectivity index (χ3v) is 3.32. The molecule has 2 heteroatoms. The van der Waals surface area contributed by atoms with E-state index in [1.54, 1.807) is 0 Å². The number of aryl methyl sites for hydroxylation is 1. The summed E-state index contributed by atoms with van der Waals surface area (Å²) in [5.74, 6) is 0. The molecule has 3 rings (SSSR count). The van der Waals surface area contributed by atoms with E-state index in [0.717, 1.165) is 13.1 Å². The number of para-hydroxylation sites is 2. The first-order valence-corrected chi connectivity index (χ1v) is 6.39. The number of imidazole rings is 1. The molecule has 18 heavy (non-hydrogen) atoms. The molecule has 0 atom stereocenters. The summed E-state index contributed by atoms with van der Waals surface area (Å²) in [6.07, 6.45) is 2.21. The normalized spacial score (nSPS) is 10.9. The van der Waals surface area contributed by atoms with E-state index in [0.29, 0.717) is 0 Å². The molecule has 3 aromatic rings. The Labute approximate surface area is 107 Å². The van der Waals surface area contributed by atoms with Crippen LogP contribution in [0.25, 0.3) is 11.0 Å². The van der Waals surface area contributed by atoms with Crippen LogP contribution in [0.15, 0.2) is 60.9 Å². The van der Waals surface area contributed by atoms with Crippen molar-refractivity contribution >= 4 is 11.0 Å². The molecule has 0 aliphatic heterocycles. The third kappa shape index (κ3) is 1.90. The van der Waals surface area contributed by atoms with E-state index in [2.05, 4.69) is 77.0 Å². The Morgan fingerprint density at radius 2 is 1.67 bits per heavy atom. The second-order valence-corrected chi connectivity index (χ2v) is 4.50. The minimum absolute atomic E-state index is 0.925. The third-order valence-electron chi connectivity index (χ3n) is 3.32. The summed E-state index contributed by atoms with van der Waals surface area (Å²) in [5, 5.41) is 0. The molecule has 0 N–H and O–H groups in total. The molecule has 0 fully saturated rings. The van der Waals surface area contributed by atoms with Crippen LogP contribution < -0.4 is 4.57 Å². The first kappa shape index (κ1) is 11.0. The van der Waals surface area contributed by atoms with Gasteiger partial charge in [0.1, 0.15) is 6.54 Å². The second kappa shape index (κ2) is 4.65. The number of fused-ring (bicyclic) bond motifs is 1. The fourth-order valence-corrected chi connectivity index (χ4v) is 2.40. The summed E-state index contributed by atoms with van der Waals surface area (Å²) in [6, 6.07) is 19.2. The zero-order chi connectivity index (χ0) is 12.4. The molecule has 1 aromatic heterocycles. The Morgan fingerprint density at radius 1 is 0.944 bits per heavy atom. The highest BCUT2D eigenvalue weighted by molar-refractivity contribution is 5.71. The SMILES string of the molecule is CC[n+]1cn(Cc2ccccc2)c2ccccc21. The van der Waals surface area contributed by atoms with E-state index in [1.165, 1.54) is 16.6 Å². The zero-order valence-corrected chi connectivity index (χ0v) is 10.6. The van der Waals surface area contributed by atoms with Gasteiger partial charge in [0, 0.05) is 0 Å². The van der Waals surface area contributed by atoms with E-state index >= 15 is 0 Å². The van der Waals surface area contributed by atoms with Gasteiger partial charge >= 0.3 is 0 Å². The molecule has 0 radical (unpaired) electrons. The van der Waals surface area contributed by atoms with Crippen molar-refractivity contribution in [3.05, 3.63) is 66.5 Å². The van der Waals surface area contributed by atoms with Crippen LogP contribution >= 0.6 is 0 Å². The predicted octanol–water partition coefficient (Wildman–Crippen LogP) is 3.00. The van der Waals surface area contributed by atoms with Crippen LogP contribution in [0.1, 0.15) is 12.5 Å². The highest BCUT2D eigenvalue weighted by Gasteiger charge is 2.13. The number of rotatable bonds is 3. The van der Waals surface area contributed by atoms with Gasteiger partial charge in [0.15, 0.2) is 11.0 Å². The van der Waals surface area contributed by atoms with Crippen LogP contribution in [0.5, 0.6) is 0 Å². The minimum atomic E-state index is 0.925. The Kier molecular flexibility index (Phi) is 2.85. The maximum absolute atomic E-state index is 2.31. The average Bonchev–Trinajstić information content (AvgIpc) is 2.78. The van der Waals surface area contributed by atoms with Gasteiger partial charge in [-0.3, -0.25) is 0 Å². The summed E-state index contributed by atoms with van der Waals surface area (Å²) < 4.78 is 4.60. The van der Waals surface area contributed by atoms with Crippen LogP contribution in [0, 0.1) is 0 Å². The molecule has 0 bridgehead atoms. The van der Waals surface area contributed by atoms with Crippen molar-refractivity contribution in [3.63, 3.8) is 0 Å². The predicted molar refractivity (Wildman–Crippen MR) is 73.4 cm³/mol. The Balaban J connectivity index is 2.07. The number of benzene rings is 2. The molecular weight excluding hydrogens is 220 g/mol. The lowest BCUT2D eigenvalue weighted by Gasteiger charge is -1.97. The fraction of sp³-hybridized carbons (Fsp3) is 0.188. The van der Waals surface area contributed by atoms with E-state index in [-0.39, 0.29) is 0 Å². The van der Waals surface area contributed by atoms with Gasteiger partial charge in [-0.2, -0.15) is 0 Å². The number of hydrogen-bond donors (Lipinski definition) is 0. The lowest BCUT2D eigenvalue weighted by atomic mass is 10.2. The molecule has 0 spiro atoms.